The van der Waals surface area contributed by atoms with E-state index in [0.29, 0.717) is 19.3 Å². The van der Waals surface area contributed by atoms with Gasteiger partial charge >= 0.3 is 17.9 Å². The molecule has 0 aromatic carbocycles. The highest BCUT2D eigenvalue weighted by Crippen LogP contribution is 2.16. The lowest BCUT2D eigenvalue weighted by Crippen LogP contribution is -2.30. The van der Waals surface area contributed by atoms with Gasteiger partial charge in [0.25, 0.3) is 0 Å². The zero-order valence-electron chi connectivity index (χ0n) is 39.8. The topological polar surface area (TPSA) is 78.9 Å². The molecule has 0 aliphatic heterocycles. The van der Waals surface area contributed by atoms with Gasteiger partial charge in [0.15, 0.2) is 6.10 Å². The highest BCUT2D eigenvalue weighted by atomic mass is 16.6. The number of carbonyl (C=O) groups excluding carboxylic acids is 3. The molecule has 0 bridgehead atoms. The van der Waals surface area contributed by atoms with Crippen molar-refractivity contribution in [3.05, 3.63) is 12.2 Å². The molecule has 1 unspecified atom stereocenters. The molecular formula is C53H100O6. The lowest BCUT2D eigenvalue weighted by atomic mass is 10.0. The van der Waals surface area contributed by atoms with Crippen molar-refractivity contribution in [3.63, 3.8) is 0 Å². The number of rotatable bonds is 48. The number of unbranched alkanes of at least 4 members (excludes halogenated alkanes) is 35. The molecule has 0 saturated heterocycles. The fraction of sp³-hybridized carbons (Fsp3) is 0.906. The molecule has 0 amide bonds. The second-order valence-electron chi connectivity index (χ2n) is 17.8. The molecule has 59 heavy (non-hydrogen) atoms. The largest absolute Gasteiger partial charge is 0.462 e. The van der Waals surface area contributed by atoms with E-state index in [9.17, 15) is 14.4 Å². The molecule has 0 aromatic heterocycles. The zero-order chi connectivity index (χ0) is 43.0. The van der Waals surface area contributed by atoms with Crippen molar-refractivity contribution < 1.29 is 28.6 Å². The number of esters is 3. The molecule has 0 saturated carbocycles. The summed E-state index contributed by atoms with van der Waals surface area (Å²) in [5, 5.41) is 0. The molecule has 0 heterocycles. The summed E-state index contributed by atoms with van der Waals surface area (Å²) >= 11 is 0. The van der Waals surface area contributed by atoms with E-state index in [-0.39, 0.29) is 31.1 Å². The van der Waals surface area contributed by atoms with Gasteiger partial charge in [-0.25, -0.2) is 0 Å². The fourth-order valence-electron chi connectivity index (χ4n) is 7.79. The smallest absolute Gasteiger partial charge is 0.306 e. The van der Waals surface area contributed by atoms with E-state index in [1.165, 1.54) is 186 Å². The first-order valence-electron chi connectivity index (χ1n) is 26.2. The minimum atomic E-state index is -0.766. The number of hydrogen-bond donors (Lipinski definition) is 0. The second-order valence-corrected chi connectivity index (χ2v) is 17.8. The van der Waals surface area contributed by atoms with Gasteiger partial charge in [0.2, 0.25) is 0 Å². The van der Waals surface area contributed by atoms with Gasteiger partial charge in [-0.05, 0) is 44.9 Å². The first-order chi connectivity index (χ1) is 29.0. The number of allylic oxidation sites excluding steroid dienone is 2. The first kappa shape index (κ1) is 57.1. The molecule has 0 spiro atoms. The molecule has 1 atom stereocenters. The van der Waals surface area contributed by atoms with Crippen LogP contribution >= 0.6 is 0 Å². The lowest BCUT2D eigenvalue weighted by Gasteiger charge is -2.18. The Kier molecular flexibility index (Phi) is 47.3. The summed E-state index contributed by atoms with van der Waals surface area (Å²) in [5.41, 5.74) is 0. The van der Waals surface area contributed by atoms with Gasteiger partial charge in [-0.1, -0.05) is 238 Å². The first-order valence-corrected chi connectivity index (χ1v) is 26.2. The molecule has 348 valence electrons. The third-order valence-electron chi connectivity index (χ3n) is 11.8. The van der Waals surface area contributed by atoms with E-state index < -0.39 is 6.10 Å². The zero-order valence-corrected chi connectivity index (χ0v) is 39.8. The highest BCUT2D eigenvalue weighted by molar-refractivity contribution is 5.71. The molecule has 6 heteroatoms. The van der Waals surface area contributed by atoms with Crippen molar-refractivity contribution in [2.24, 2.45) is 0 Å². The molecule has 0 aliphatic rings. The van der Waals surface area contributed by atoms with E-state index in [1.807, 2.05) is 0 Å². The van der Waals surface area contributed by atoms with Gasteiger partial charge < -0.3 is 14.2 Å². The Labute approximate surface area is 367 Å². The molecule has 0 fully saturated rings. The SMILES string of the molecule is CCCCCCCCC/C=C\CCCCCCCC(=O)OCC(COC(=O)CCCCCCCCCCCCCC)OC(=O)CCCCCCCCCCCCCCC. The van der Waals surface area contributed by atoms with Gasteiger partial charge in [0.05, 0.1) is 0 Å². The fourth-order valence-corrected chi connectivity index (χ4v) is 7.79. The van der Waals surface area contributed by atoms with E-state index >= 15 is 0 Å². The molecule has 0 rings (SSSR count). The molecular weight excluding hydrogens is 733 g/mol. The minimum Gasteiger partial charge on any atom is -0.462 e. The third kappa shape index (κ3) is 47.1. The van der Waals surface area contributed by atoms with Crippen LogP contribution < -0.4 is 0 Å². The Bertz CT molecular complexity index is 916. The average molecular weight is 833 g/mol. The predicted molar refractivity (Wildman–Crippen MR) is 252 cm³/mol. The van der Waals surface area contributed by atoms with Crippen LogP contribution in [0.2, 0.25) is 0 Å². The van der Waals surface area contributed by atoms with E-state index in [4.69, 9.17) is 14.2 Å². The number of carbonyl (C=O) groups is 3. The van der Waals surface area contributed by atoms with Gasteiger partial charge in [-0.2, -0.15) is 0 Å². The van der Waals surface area contributed by atoms with Crippen LogP contribution in [-0.4, -0.2) is 37.2 Å². The van der Waals surface area contributed by atoms with Crippen molar-refractivity contribution in [3.8, 4) is 0 Å². The van der Waals surface area contributed by atoms with Crippen LogP contribution in [0.15, 0.2) is 12.2 Å². The predicted octanol–water partition coefficient (Wildman–Crippen LogP) is 17.0. The minimum absolute atomic E-state index is 0.0673. The number of hydrogen-bond acceptors (Lipinski definition) is 6. The van der Waals surface area contributed by atoms with Crippen LogP contribution in [0.25, 0.3) is 0 Å². The van der Waals surface area contributed by atoms with Crippen LogP contribution in [-0.2, 0) is 28.6 Å². The Morgan fingerprint density at radius 3 is 0.847 bits per heavy atom. The van der Waals surface area contributed by atoms with Gasteiger partial charge in [0.1, 0.15) is 13.2 Å². The molecule has 0 N–H and O–H groups in total. The molecule has 0 aromatic rings. The van der Waals surface area contributed by atoms with Crippen LogP contribution in [0, 0.1) is 0 Å². The van der Waals surface area contributed by atoms with Crippen molar-refractivity contribution in [1.29, 1.82) is 0 Å². The maximum atomic E-state index is 12.8. The van der Waals surface area contributed by atoms with E-state index in [2.05, 4.69) is 32.9 Å². The summed E-state index contributed by atoms with van der Waals surface area (Å²) < 4.78 is 16.8. The number of ether oxygens (including phenoxy) is 3. The highest BCUT2D eigenvalue weighted by Gasteiger charge is 2.19. The van der Waals surface area contributed by atoms with Crippen LogP contribution in [0.3, 0.4) is 0 Å². The van der Waals surface area contributed by atoms with Crippen molar-refractivity contribution in [1.82, 2.24) is 0 Å². The van der Waals surface area contributed by atoms with Crippen LogP contribution in [0.5, 0.6) is 0 Å². The molecule has 6 nitrogen and oxygen atoms in total. The van der Waals surface area contributed by atoms with Crippen molar-refractivity contribution >= 4 is 17.9 Å². The third-order valence-corrected chi connectivity index (χ3v) is 11.8. The summed E-state index contributed by atoms with van der Waals surface area (Å²) in [5.74, 6) is -0.859. The van der Waals surface area contributed by atoms with E-state index in [1.54, 1.807) is 0 Å². The Hall–Kier alpha value is -1.85. The monoisotopic (exact) mass is 833 g/mol. The Morgan fingerprint density at radius 1 is 0.322 bits per heavy atom. The summed E-state index contributed by atoms with van der Waals surface area (Å²) in [4.78, 5) is 37.9. The van der Waals surface area contributed by atoms with Crippen LogP contribution in [0.1, 0.15) is 290 Å². The maximum Gasteiger partial charge on any atom is 0.306 e. The van der Waals surface area contributed by atoms with Gasteiger partial charge in [-0.15, -0.1) is 0 Å². The van der Waals surface area contributed by atoms with Crippen LogP contribution in [0.4, 0.5) is 0 Å². The quantitative estimate of drug-likeness (QED) is 0.0263. The normalized spacial score (nSPS) is 12.0. The van der Waals surface area contributed by atoms with Crippen molar-refractivity contribution in [2.45, 2.75) is 297 Å². The Balaban J connectivity index is 4.32. The maximum absolute atomic E-state index is 12.8. The summed E-state index contributed by atoms with van der Waals surface area (Å²) in [6, 6.07) is 0. The average Bonchev–Trinajstić information content (AvgIpc) is 3.23. The lowest BCUT2D eigenvalue weighted by molar-refractivity contribution is -0.167. The van der Waals surface area contributed by atoms with Gasteiger partial charge in [-0.3, -0.25) is 14.4 Å². The summed E-state index contributed by atoms with van der Waals surface area (Å²) in [6.45, 7) is 6.66. The molecule has 0 aliphatic carbocycles. The van der Waals surface area contributed by atoms with E-state index in [0.717, 1.165) is 64.2 Å². The Morgan fingerprint density at radius 2 is 0.559 bits per heavy atom. The second kappa shape index (κ2) is 48.8. The van der Waals surface area contributed by atoms with Gasteiger partial charge in [0, 0.05) is 19.3 Å². The summed E-state index contributed by atoms with van der Waals surface area (Å²) in [7, 11) is 0. The van der Waals surface area contributed by atoms with Crippen molar-refractivity contribution in [2.75, 3.05) is 13.2 Å². The standard InChI is InChI=1S/C53H100O6/c1-4-7-10-13-16-19-22-25-26-27-29-31-34-37-40-43-46-52(55)58-49-50(48-57-51(54)45-42-39-36-33-30-24-21-18-15-12-9-6-3)59-53(56)47-44-41-38-35-32-28-23-20-17-14-11-8-5-2/h26-27,50H,4-25,28-49H2,1-3H3/b27-26-. The summed E-state index contributed by atoms with van der Waals surface area (Å²) in [6.07, 6.45) is 53.3. The molecule has 0 radical (unpaired) electrons.